The van der Waals surface area contributed by atoms with Crippen LogP contribution >= 0.6 is 0 Å². The largest absolute Gasteiger partial charge is 0.0654 e. The second-order valence-corrected chi connectivity index (χ2v) is 5.30. The van der Waals surface area contributed by atoms with Gasteiger partial charge in [0.25, 0.3) is 0 Å². The lowest BCUT2D eigenvalue weighted by molar-refractivity contribution is 0.650. The summed E-state index contributed by atoms with van der Waals surface area (Å²) in [6.45, 7) is 4.54. The fourth-order valence-corrected chi connectivity index (χ4v) is 2.44. The second-order valence-electron chi connectivity index (χ2n) is 5.30. The van der Waals surface area contributed by atoms with Gasteiger partial charge in [-0.1, -0.05) is 70.6 Å². The topological polar surface area (TPSA) is 0 Å². The Morgan fingerprint density at radius 1 is 0.833 bits per heavy atom. The van der Waals surface area contributed by atoms with Crippen LogP contribution in [-0.2, 0) is 12.8 Å². The highest BCUT2D eigenvalue weighted by Crippen LogP contribution is 2.16. The van der Waals surface area contributed by atoms with Crippen molar-refractivity contribution in [2.24, 2.45) is 0 Å². The van der Waals surface area contributed by atoms with Crippen LogP contribution in [0.15, 0.2) is 18.2 Å². The van der Waals surface area contributed by atoms with Crippen molar-refractivity contribution >= 4 is 0 Å². The fourth-order valence-electron chi connectivity index (χ4n) is 2.44. The molecule has 0 aliphatic heterocycles. The van der Waals surface area contributed by atoms with Gasteiger partial charge in [0.2, 0.25) is 0 Å². The maximum Gasteiger partial charge on any atom is -0.0146 e. The molecule has 0 atom stereocenters. The van der Waals surface area contributed by atoms with Crippen LogP contribution in [0.4, 0.5) is 0 Å². The van der Waals surface area contributed by atoms with Crippen LogP contribution < -0.4 is 0 Å². The molecular formula is C18H29. The molecule has 1 rings (SSSR count). The van der Waals surface area contributed by atoms with Crippen molar-refractivity contribution in [1.29, 1.82) is 0 Å². The number of unbranched alkanes of at least 4 members (excludes halogenated alkanes) is 6. The van der Waals surface area contributed by atoms with Crippen LogP contribution in [0.25, 0.3) is 0 Å². The van der Waals surface area contributed by atoms with E-state index in [9.17, 15) is 0 Å². The quantitative estimate of drug-likeness (QED) is 0.462. The van der Waals surface area contributed by atoms with Crippen LogP contribution in [0.2, 0.25) is 0 Å². The van der Waals surface area contributed by atoms with Gasteiger partial charge in [-0.25, -0.2) is 0 Å². The van der Waals surface area contributed by atoms with Gasteiger partial charge in [0.05, 0.1) is 0 Å². The maximum absolute atomic E-state index is 3.45. The molecule has 0 bridgehead atoms. The molecule has 0 N–H and O–H groups in total. The van der Waals surface area contributed by atoms with Crippen molar-refractivity contribution in [3.05, 3.63) is 35.4 Å². The molecule has 1 aromatic rings. The summed E-state index contributed by atoms with van der Waals surface area (Å²) in [4.78, 5) is 0. The van der Waals surface area contributed by atoms with Crippen LogP contribution in [0.1, 0.15) is 76.3 Å². The van der Waals surface area contributed by atoms with E-state index < -0.39 is 0 Å². The van der Waals surface area contributed by atoms with E-state index in [1.807, 2.05) is 0 Å². The minimum atomic E-state index is 1.23. The first-order valence-corrected chi connectivity index (χ1v) is 7.87. The number of aryl methyl sites for hydroxylation is 2. The fraction of sp³-hybridized carbons (Fsp3) is 0.667. The molecule has 0 heteroatoms. The monoisotopic (exact) mass is 245 g/mol. The highest BCUT2D eigenvalue weighted by molar-refractivity contribution is 5.26. The Morgan fingerprint density at radius 3 is 2.17 bits per heavy atom. The molecule has 1 aromatic carbocycles. The first-order valence-electron chi connectivity index (χ1n) is 7.87. The third kappa shape index (κ3) is 6.23. The van der Waals surface area contributed by atoms with E-state index in [2.05, 4.69) is 38.1 Å². The molecule has 0 fully saturated rings. The lowest BCUT2D eigenvalue weighted by Crippen LogP contribution is -1.95. The molecule has 101 valence electrons. The first-order chi connectivity index (χ1) is 8.88. The summed E-state index contributed by atoms with van der Waals surface area (Å²) < 4.78 is 0. The van der Waals surface area contributed by atoms with E-state index >= 15 is 0 Å². The Labute approximate surface area is 114 Å². The van der Waals surface area contributed by atoms with Crippen LogP contribution in [-0.4, -0.2) is 0 Å². The molecule has 0 aliphatic rings. The van der Waals surface area contributed by atoms with E-state index in [1.54, 1.807) is 5.56 Å². The van der Waals surface area contributed by atoms with Gasteiger partial charge in [0, 0.05) is 0 Å². The molecule has 0 aromatic heterocycles. The summed E-state index contributed by atoms with van der Waals surface area (Å²) in [5.74, 6) is 0. The van der Waals surface area contributed by atoms with Gasteiger partial charge in [-0.05, 0) is 42.9 Å². The Bertz CT molecular complexity index is 270. The maximum atomic E-state index is 3.45. The highest BCUT2D eigenvalue weighted by Gasteiger charge is 2.02. The standard InChI is InChI=1S/C18H29/c1-3-5-7-9-13-17-15-11-12-16-18(17)14-10-8-6-4-2/h11-12,15H,3-10,13-14H2,1-2H3. The summed E-state index contributed by atoms with van der Waals surface area (Å²) in [5, 5.41) is 0. The molecule has 0 nitrogen and oxygen atoms in total. The summed E-state index contributed by atoms with van der Waals surface area (Å²) >= 11 is 0. The molecule has 0 spiro atoms. The van der Waals surface area contributed by atoms with Gasteiger partial charge < -0.3 is 0 Å². The van der Waals surface area contributed by atoms with Crippen LogP contribution in [0.5, 0.6) is 0 Å². The van der Waals surface area contributed by atoms with E-state index in [1.165, 1.54) is 69.8 Å². The van der Waals surface area contributed by atoms with Gasteiger partial charge >= 0.3 is 0 Å². The smallest absolute Gasteiger partial charge is 0.0146 e. The molecule has 18 heavy (non-hydrogen) atoms. The SMILES string of the molecule is CCCCCCc1[c]cccc1CCCCCC. The molecule has 0 amide bonds. The Hall–Kier alpha value is -0.780. The van der Waals surface area contributed by atoms with Gasteiger partial charge in [-0.15, -0.1) is 0 Å². The predicted octanol–water partition coefficient (Wildman–Crippen LogP) is 5.73. The molecule has 0 aliphatic carbocycles. The molecule has 0 saturated carbocycles. The lowest BCUT2D eigenvalue weighted by atomic mass is 9.97. The summed E-state index contributed by atoms with van der Waals surface area (Å²) in [7, 11) is 0. The number of benzene rings is 1. The Morgan fingerprint density at radius 2 is 1.50 bits per heavy atom. The zero-order valence-corrected chi connectivity index (χ0v) is 12.3. The second kappa shape index (κ2) is 10.2. The average molecular weight is 245 g/mol. The third-order valence-corrected chi connectivity index (χ3v) is 3.62. The minimum absolute atomic E-state index is 1.23. The minimum Gasteiger partial charge on any atom is -0.0654 e. The summed E-state index contributed by atoms with van der Waals surface area (Å²) in [6, 6.07) is 9.98. The number of rotatable bonds is 10. The van der Waals surface area contributed by atoms with Crippen molar-refractivity contribution in [1.82, 2.24) is 0 Å². The molecule has 0 unspecified atom stereocenters. The summed E-state index contributed by atoms with van der Waals surface area (Å²) in [6.07, 6.45) is 13.3. The van der Waals surface area contributed by atoms with Crippen molar-refractivity contribution in [2.45, 2.75) is 78.1 Å². The van der Waals surface area contributed by atoms with E-state index in [0.29, 0.717) is 0 Å². The van der Waals surface area contributed by atoms with Crippen LogP contribution in [0.3, 0.4) is 0 Å². The van der Waals surface area contributed by atoms with Crippen molar-refractivity contribution in [3.63, 3.8) is 0 Å². The third-order valence-electron chi connectivity index (χ3n) is 3.62. The molecule has 1 radical (unpaired) electrons. The normalized spacial score (nSPS) is 10.8. The van der Waals surface area contributed by atoms with E-state index in [4.69, 9.17) is 0 Å². The average Bonchev–Trinajstić information content (AvgIpc) is 2.41. The molecular weight excluding hydrogens is 216 g/mol. The Kier molecular flexibility index (Phi) is 8.63. The lowest BCUT2D eigenvalue weighted by Gasteiger charge is -2.09. The van der Waals surface area contributed by atoms with Crippen molar-refractivity contribution in [3.8, 4) is 0 Å². The first kappa shape index (κ1) is 15.3. The Balaban J connectivity index is 2.36. The molecule has 0 saturated heterocycles. The van der Waals surface area contributed by atoms with Gasteiger partial charge in [0.15, 0.2) is 0 Å². The number of hydrogen-bond donors (Lipinski definition) is 0. The zero-order valence-electron chi connectivity index (χ0n) is 12.3. The van der Waals surface area contributed by atoms with Gasteiger partial charge in [-0.2, -0.15) is 0 Å². The van der Waals surface area contributed by atoms with E-state index in [0.717, 1.165) is 0 Å². The van der Waals surface area contributed by atoms with Crippen molar-refractivity contribution < 1.29 is 0 Å². The molecule has 0 heterocycles. The van der Waals surface area contributed by atoms with Gasteiger partial charge in [0.1, 0.15) is 0 Å². The van der Waals surface area contributed by atoms with Crippen LogP contribution in [0, 0.1) is 6.07 Å². The summed E-state index contributed by atoms with van der Waals surface area (Å²) in [5.41, 5.74) is 3.02. The predicted molar refractivity (Wildman–Crippen MR) is 81.0 cm³/mol. The zero-order chi connectivity index (χ0) is 13.1. The highest BCUT2D eigenvalue weighted by atomic mass is 14.1. The van der Waals surface area contributed by atoms with Crippen molar-refractivity contribution in [2.75, 3.05) is 0 Å². The van der Waals surface area contributed by atoms with E-state index in [-0.39, 0.29) is 0 Å². The van der Waals surface area contributed by atoms with Gasteiger partial charge in [-0.3, -0.25) is 0 Å². The number of hydrogen-bond acceptors (Lipinski definition) is 0.